The molecule has 20 heavy (non-hydrogen) atoms. The topological polar surface area (TPSA) is 36.9 Å². The SMILES string of the molecule is CC/N=C1\C(=C(/C)Cl)C=C(C)N1NOc1ccccc1. The van der Waals surface area contributed by atoms with E-state index in [4.69, 9.17) is 16.4 Å². The molecule has 0 atom stereocenters. The van der Waals surface area contributed by atoms with Gasteiger partial charge in [0.15, 0.2) is 5.84 Å². The van der Waals surface area contributed by atoms with Crippen LogP contribution in [0.3, 0.4) is 0 Å². The maximum atomic E-state index is 6.12. The molecule has 1 heterocycles. The number of rotatable bonds is 4. The van der Waals surface area contributed by atoms with Crippen molar-refractivity contribution in [1.29, 1.82) is 0 Å². The van der Waals surface area contributed by atoms with E-state index in [-0.39, 0.29) is 0 Å². The molecule has 1 N–H and O–H groups in total. The minimum Gasteiger partial charge on any atom is -0.389 e. The molecule has 0 aromatic heterocycles. The quantitative estimate of drug-likeness (QED) is 0.861. The van der Waals surface area contributed by atoms with Crippen LogP contribution in [-0.4, -0.2) is 17.4 Å². The van der Waals surface area contributed by atoms with E-state index in [0.29, 0.717) is 11.6 Å². The number of para-hydroxylation sites is 1. The molecule has 0 amide bonds. The van der Waals surface area contributed by atoms with Gasteiger partial charge in [-0.05, 0) is 39.0 Å². The van der Waals surface area contributed by atoms with Crippen molar-refractivity contribution in [3.63, 3.8) is 0 Å². The Balaban J connectivity index is 2.16. The Morgan fingerprint density at radius 1 is 1.35 bits per heavy atom. The minimum atomic E-state index is 0.674. The van der Waals surface area contributed by atoms with Crippen LogP contribution in [0.5, 0.6) is 5.75 Å². The lowest BCUT2D eigenvalue weighted by Crippen LogP contribution is -2.41. The molecule has 1 aromatic carbocycles. The van der Waals surface area contributed by atoms with Gasteiger partial charge in [-0.1, -0.05) is 35.4 Å². The fourth-order valence-electron chi connectivity index (χ4n) is 1.89. The van der Waals surface area contributed by atoms with Crippen LogP contribution in [0.25, 0.3) is 0 Å². The van der Waals surface area contributed by atoms with E-state index >= 15 is 0 Å². The summed E-state index contributed by atoms with van der Waals surface area (Å²) in [5, 5.41) is 2.50. The maximum absolute atomic E-state index is 6.12. The zero-order valence-corrected chi connectivity index (χ0v) is 12.6. The predicted octanol–water partition coefficient (Wildman–Crippen LogP) is 3.64. The summed E-state index contributed by atoms with van der Waals surface area (Å²) >= 11 is 6.12. The van der Waals surface area contributed by atoms with Gasteiger partial charge in [-0.3, -0.25) is 4.99 Å². The van der Waals surface area contributed by atoms with E-state index in [9.17, 15) is 0 Å². The van der Waals surface area contributed by atoms with Gasteiger partial charge < -0.3 is 4.84 Å². The monoisotopic (exact) mass is 291 g/mol. The summed E-state index contributed by atoms with van der Waals surface area (Å²) in [5.41, 5.74) is 4.80. The number of nitrogens with one attached hydrogen (secondary N) is 1. The Morgan fingerprint density at radius 2 is 2.05 bits per heavy atom. The van der Waals surface area contributed by atoms with Crippen LogP contribution in [0.4, 0.5) is 0 Å². The molecule has 106 valence electrons. The zero-order valence-electron chi connectivity index (χ0n) is 11.9. The van der Waals surface area contributed by atoms with Gasteiger partial charge in [0.1, 0.15) is 5.75 Å². The molecule has 0 fully saturated rings. The molecular formula is C15H18ClN3O. The first-order valence-electron chi connectivity index (χ1n) is 6.50. The Labute approximate surface area is 124 Å². The summed E-state index contributed by atoms with van der Waals surface area (Å²) in [5.74, 6) is 1.50. The predicted molar refractivity (Wildman–Crippen MR) is 82.3 cm³/mol. The van der Waals surface area contributed by atoms with Gasteiger partial charge in [0.05, 0.1) is 0 Å². The van der Waals surface area contributed by atoms with E-state index in [1.54, 1.807) is 5.01 Å². The Hall–Kier alpha value is -1.78. The molecule has 5 heteroatoms. The first kappa shape index (κ1) is 14.6. The summed E-state index contributed by atoms with van der Waals surface area (Å²) < 4.78 is 0. The molecule has 1 aliphatic heterocycles. The number of benzene rings is 1. The van der Waals surface area contributed by atoms with Crippen molar-refractivity contribution in [3.8, 4) is 5.75 Å². The lowest BCUT2D eigenvalue weighted by Gasteiger charge is -2.22. The number of hydrogen-bond donors (Lipinski definition) is 1. The van der Waals surface area contributed by atoms with Crippen molar-refractivity contribution in [2.45, 2.75) is 20.8 Å². The van der Waals surface area contributed by atoms with Crippen molar-refractivity contribution in [2.24, 2.45) is 4.99 Å². The summed E-state index contributed by atoms with van der Waals surface area (Å²) in [6.07, 6.45) is 1.98. The lowest BCUT2D eigenvalue weighted by molar-refractivity contribution is 0.0824. The van der Waals surface area contributed by atoms with Crippen LogP contribution in [0.2, 0.25) is 0 Å². The van der Waals surface area contributed by atoms with E-state index in [1.165, 1.54) is 0 Å². The summed E-state index contributed by atoms with van der Waals surface area (Å²) in [7, 11) is 0. The first-order chi connectivity index (χ1) is 9.63. The van der Waals surface area contributed by atoms with Crippen LogP contribution in [0.15, 0.2) is 57.7 Å². The zero-order chi connectivity index (χ0) is 14.5. The highest BCUT2D eigenvalue weighted by molar-refractivity contribution is 6.32. The smallest absolute Gasteiger partial charge is 0.153 e. The van der Waals surface area contributed by atoms with Gasteiger partial charge in [-0.15, -0.1) is 0 Å². The Morgan fingerprint density at radius 3 is 2.65 bits per heavy atom. The number of allylic oxidation sites excluding steroid dienone is 2. The van der Waals surface area contributed by atoms with E-state index in [2.05, 4.69) is 10.6 Å². The Kier molecular flexibility index (Phi) is 4.82. The lowest BCUT2D eigenvalue weighted by atomic mass is 10.2. The molecule has 0 bridgehead atoms. The van der Waals surface area contributed by atoms with E-state index < -0.39 is 0 Å². The summed E-state index contributed by atoms with van der Waals surface area (Å²) in [6, 6.07) is 9.53. The molecule has 1 aliphatic rings. The summed E-state index contributed by atoms with van der Waals surface area (Å²) in [6.45, 7) is 6.48. The number of hydrogen-bond acceptors (Lipinski definition) is 3. The third-order valence-electron chi connectivity index (χ3n) is 2.84. The highest BCUT2D eigenvalue weighted by Crippen LogP contribution is 2.25. The van der Waals surface area contributed by atoms with Crippen LogP contribution in [0, 0.1) is 0 Å². The molecule has 0 spiro atoms. The van der Waals surface area contributed by atoms with Gasteiger partial charge in [0.25, 0.3) is 0 Å². The van der Waals surface area contributed by atoms with Crippen molar-refractivity contribution < 1.29 is 4.84 Å². The molecule has 1 aromatic rings. The third kappa shape index (κ3) is 3.21. The van der Waals surface area contributed by atoms with Crippen LogP contribution >= 0.6 is 11.6 Å². The average molecular weight is 292 g/mol. The van der Waals surface area contributed by atoms with Crippen LogP contribution < -0.4 is 10.4 Å². The normalized spacial score (nSPS) is 19.3. The number of nitrogens with zero attached hydrogens (tertiary/aromatic N) is 2. The van der Waals surface area contributed by atoms with Crippen molar-refractivity contribution in [2.75, 3.05) is 6.54 Å². The summed E-state index contributed by atoms with van der Waals surface area (Å²) in [4.78, 5) is 10.0. The van der Waals surface area contributed by atoms with Crippen molar-refractivity contribution in [3.05, 3.63) is 52.7 Å². The second-order valence-electron chi connectivity index (χ2n) is 4.37. The number of halogens is 1. The second kappa shape index (κ2) is 6.59. The molecular weight excluding hydrogens is 274 g/mol. The van der Waals surface area contributed by atoms with Crippen molar-refractivity contribution >= 4 is 17.4 Å². The molecule has 0 unspecified atom stereocenters. The number of aliphatic imine (C=N–C) groups is 1. The van der Waals surface area contributed by atoms with Crippen LogP contribution in [0.1, 0.15) is 20.8 Å². The standard InChI is InChI=1S/C15H18ClN3O/c1-4-17-15-14(12(3)16)10-11(2)19(15)18-20-13-8-6-5-7-9-13/h5-10,18H,4H2,1-3H3/b14-12+,17-15+. The third-order valence-corrected chi connectivity index (χ3v) is 3.04. The second-order valence-corrected chi connectivity index (χ2v) is 4.94. The Bertz CT molecular complexity index is 560. The van der Waals surface area contributed by atoms with Gasteiger partial charge in [0, 0.05) is 22.8 Å². The largest absolute Gasteiger partial charge is 0.389 e. The molecule has 0 saturated heterocycles. The van der Waals surface area contributed by atoms with Gasteiger partial charge in [-0.25, -0.2) is 5.01 Å². The number of hydrazine groups is 1. The first-order valence-corrected chi connectivity index (χ1v) is 6.88. The van der Waals surface area contributed by atoms with Gasteiger partial charge in [0.2, 0.25) is 0 Å². The van der Waals surface area contributed by atoms with Crippen LogP contribution in [-0.2, 0) is 0 Å². The average Bonchev–Trinajstić information content (AvgIpc) is 2.75. The highest BCUT2D eigenvalue weighted by atomic mass is 35.5. The fraction of sp³-hybridized carbons (Fsp3) is 0.267. The van der Waals surface area contributed by atoms with Gasteiger partial charge >= 0.3 is 0 Å². The molecule has 4 nitrogen and oxygen atoms in total. The van der Waals surface area contributed by atoms with E-state index in [1.807, 2.05) is 57.2 Å². The maximum Gasteiger partial charge on any atom is 0.153 e. The molecule has 2 rings (SSSR count). The van der Waals surface area contributed by atoms with E-state index in [0.717, 1.165) is 22.9 Å². The molecule has 0 radical (unpaired) electrons. The molecule has 0 saturated carbocycles. The van der Waals surface area contributed by atoms with Crippen molar-refractivity contribution in [1.82, 2.24) is 10.6 Å². The number of amidine groups is 1. The minimum absolute atomic E-state index is 0.674. The molecule has 0 aliphatic carbocycles. The highest BCUT2D eigenvalue weighted by Gasteiger charge is 2.25. The van der Waals surface area contributed by atoms with Gasteiger partial charge in [-0.2, -0.15) is 0 Å². The fourth-order valence-corrected chi connectivity index (χ4v) is 2.03.